The van der Waals surface area contributed by atoms with Gasteiger partial charge in [-0.3, -0.25) is 0 Å². The molecule has 2 aromatic carbocycles. The highest BCUT2D eigenvalue weighted by Gasteiger charge is 2.17. The van der Waals surface area contributed by atoms with Crippen LogP contribution in [0.15, 0.2) is 72.1 Å². The molecule has 0 radical (unpaired) electrons. The minimum atomic E-state index is -3.56. The average Bonchev–Trinajstić information content (AvgIpc) is 2.49. The fraction of sp³-hybridized carbons (Fsp3) is 0.125. The third-order valence-electron chi connectivity index (χ3n) is 3.06. The predicted octanol–water partition coefficient (Wildman–Crippen LogP) is 2.73. The summed E-state index contributed by atoms with van der Waals surface area (Å²) in [5.74, 6) is 0. The minimum absolute atomic E-state index is 0.0647. The van der Waals surface area contributed by atoms with Crippen molar-refractivity contribution in [2.45, 2.75) is 13.0 Å². The summed E-state index contributed by atoms with van der Waals surface area (Å²) in [4.78, 5) is 2.44. The number of rotatable bonds is 6. The van der Waals surface area contributed by atoms with Gasteiger partial charge in [0.1, 0.15) is 0 Å². The van der Waals surface area contributed by atoms with E-state index >= 15 is 0 Å². The van der Waals surface area contributed by atoms with E-state index in [9.17, 15) is 8.42 Å². The molecular formula is C16H18N2O2S. The van der Waals surface area contributed by atoms with Gasteiger partial charge in [0.25, 0.3) is 0 Å². The summed E-state index contributed by atoms with van der Waals surface area (Å²) in [6.07, 6.45) is 0. The van der Waals surface area contributed by atoms with E-state index in [4.69, 9.17) is 0 Å². The molecule has 2 aromatic rings. The fourth-order valence-electron chi connectivity index (χ4n) is 1.87. The molecule has 0 saturated carbocycles. The molecule has 0 heterocycles. The Morgan fingerprint density at radius 3 is 1.76 bits per heavy atom. The summed E-state index contributed by atoms with van der Waals surface area (Å²) < 4.78 is 23.6. The largest absolute Gasteiger partial charge is 0.248 e. The normalized spacial score (nSPS) is 11.5. The van der Waals surface area contributed by atoms with Crippen molar-refractivity contribution >= 4 is 10.0 Å². The highest BCUT2D eigenvalue weighted by Crippen LogP contribution is 2.21. The van der Waals surface area contributed by atoms with Gasteiger partial charge in [0.05, 0.1) is 10.9 Å². The van der Waals surface area contributed by atoms with Gasteiger partial charge >= 0.3 is 0 Å². The van der Waals surface area contributed by atoms with Gasteiger partial charge in [-0.05, 0) is 18.1 Å². The van der Waals surface area contributed by atoms with Crippen LogP contribution in [0.2, 0.25) is 0 Å². The van der Waals surface area contributed by atoms with E-state index in [1.807, 2.05) is 60.7 Å². The standard InChI is InChI=1S/C16H18N2O2S/c1-13(2)21(19,20)18-17-16(14-9-5-3-6-10-14)15-11-7-4-8-12-15/h3-12,16-18H,1H2,2H3. The third-order valence-corrected chi connectivity index (χ3v) is 4.37. The molecule has 0 unspecified atom stereocenters. The van der Waals surface area contributed by atoms with Crippen molar-refractivity contribution in [3.63, 3.8) is 0 Å². The molecule has 0 aliphatic carbocycles. The maximum Gasteiger partial charge on any atom is 0.248 e. The lowest BCUT2D eigenvalue weighted by atomic mass is 10.00. The number of allylic oxidation sites excluding steroid dienone is 1. The van der Waals surface area contributed by atoms with Gasteiger partial charge in [-0.2, -0.15) is 0 Å². The second kappa shape index (κ2) is 6.67. The first-order valence-electron chi connectivity index (χ1n) is 6.53. The van der Waals surface area contributed by atoms with Crippen molar-refractivity contribution in [2.75, 3.05) is 0 Å². The molecule has 0 bridgehead atoms. The van der Waals surface area contributed by atoms with Gasteiger partial charge in [-0.25, -0.2) is 13.8 Å². The smallest absolute Gasteiger partial charge is 0.232 e. The van der Waals surface area contributed by atoms with Crippen molar-refractivity contribution in [1.82, 2.24) is 10.3 Å². The first-order valence-corrected chi connectivity index (χ1v) is 8.02. The lowest BCUT2D eigenvalue weighted by molar-refractivity contribution is 0.534. The van der Waals surface area contributed by atoms with Crippen LogP contribution < -0.4 is 10.3 Å². The third kappa shape index (κ3) is 4.01. The zero-order valence-corrected chi connectivity index (χ0v) is 12.6. The quantitative estimate of drug-likeness (QED) is 0.807. The molecule has 4 nitrogen and oxygen atoms in total. The molecule has 0 atom stereocenters. The SMILES string of the molecule is C=C(C)S(=O)(=O)NNC(c1ccccc1)c1ccccc1. The Hall–Kier alpha value is -1.95. The lowest BCUT2D eigenvalue weighted by Crippen LogP contribution is -2.40. The topological polar surface area (TPSA) is 58.2 Å². The van der Waals surface area contributed by atoms with E-state index in [1.165, 1.54) is 6.92 Å². The van der Waals surface area contributed by atoms with Gasteiger partial charge in [0.2, 0.25) is 10.0 Å². The summed E-state index contributed by atoms with van der Waals surface area (Å²) in [6.45, 7) is 4.91. The van der Waals surface area contributed by atoms with E-state index in [0.717, 1.165) is 11.1 Å². The Balaban J connectivity index is 2.28. The number of hydrogen-bond donors (Lipinski definition) is 2. The average molecular weight is 302 g/mol. The van der Waals surface area contributed by atoms with Crippen molar-refractivity contribution in [3.8, 4) is 0 Å². The zero-order valence-electron chi connectivity index (χ0n) is 11.8. The van der Waals surface area contributed by atoms with Crippen molar-refractivity contribution < 1.29 is 8.42 Å². The van der Waals surface area contributed by atoms with Crippen LogP contribution in [0, 0.1) is 0 Å². The molecule has 5 heteroatoms. The Morgan fingerprint density at radius 2 is 1.38 bits per heavy atom. The van der Waals surface area contributed by atoms with Crippen molar-refractivity contribution in [2.24, 2.45) is 0 Å². The molecule has 21 heavy (non-hydrogen) atoms. The van der Waals surface area contributed by atoms with Crippen LogP contribution in [-0.4, -0.2) is 8.42 Å². The second-order valence-electron chi connectivity index (χ2n) is 4.71. The van der Waals surface area contributed by atoms with E-state index in [0.29, 0.717) is 0 Å². The molecule has 0 saturated heterocycles. The van der Waals surface area contributed by atoms with Crippen LogP contribution in [0.5, 0.6) is 0 Å². The van der Waals surface area contributed by atoms with Gasteiger partial charge in [-0.15, -0.1) is 4.83 Å². The Labute approximate surface area is 125 Å². The summed E-state index contributed by atoms with van der Waals surface area (Å²) in [6, 6.07) is 19.0. The molecular weight excluding hydrogens is 284 g/mol. The van der Waals surface area contributed by atoms with Crippen molar-refractivity contribution in [3.05, 3.63) is 83.3 Å². The van der Waals surface area contributed by atoms with Crippen LogP contribution in [0.3, 0.4) is 0 Å². The highest BCUT2D eigenvalue weighted by molar-refractivity contribution is 7.93. The number of benzene rings is 2. The van der Waals surface area contributed by atoms with E-state index in [1.54, 1.807) is 0 Å². The zero-order chi connectivity index (χ0) is 15.3. The number of hydrazine groups is 1. The van der Waals surface area contributed by atoms with Gasteiger partial charge in [-0.1, -0.05) is 67.2 Å². The van der Waals surface area contributed by atoms with Crippen LogP contribution >= 0.6 is 0 Å². The number of sulfonamides is 1. The van der Waals surface area contributed by atoms with Gasteiger partial charge in [0, 0.05) is 0 Å². The monoisotopic (exact) mass is 302 g/mol. The Bertz CT molecular complexity index is 658. The van der Waals surface area contributed by atoms with Crippen molar-refractivity contribution in [1.29, 1.82) is 0 Å². The summed E-state index contributed by atoms with van der Waals surface area (Å²) >= 11 is 0. The van der Waals surface area contributed by atoms with Gasteiger partial charge in [0.15, 0.2) is 0 Å². The van der Waals surface area contributed by atoms with Crippen LogP contribution in [0.4, 0.5) is 0 Å². The highest BCUT2D eigenvalue weighted by atomic mass is 32.2. The molecule has 0 aromatic heterocycles. The lowest BCUT2D eigenvalue weighted by Gasteiger charge is -2.20. The van der Waals surface area contributed by atoms with E-state index < -0.39 is 10.0 Å². The Morgan fingerprint density at radius 1 is 0.952 bits per heavy atom. The maximum absolute atomic E-state index is 11.8. The number of hydrogen-bond acceptors (Lipinski definition) is 3. The summed E-state index contributed by atoms with van der Waals surface area (Å²) in [5, 5.41) is 0. The summed E-state index contributed by atoms with van der Waals surface area (Å²) in [7, 11) is -3.56. The molecule has 2 N–H and O–H groups in total. The second-order valence-corrected chi connectivity index (χ2v) is 6.61. The first-order chi connectivity index (χ1) is 10.0. The number of nitrogens with one attached hydrogen (secondary N) is 2. The molecule has 0 spiro atoms. The van der Waals surface area contributed by atoms with Gasteiger partial charge < -0.3 is 0 Å². The first kappa shape index (κ1) is 15.4. The fourth-order valence-corrected chi connectivity index (χ4v) is 2.32. The van der Waals surface area contributed by atoms with Crippen LogP contribution in [0.25, 0.3) is 0 Å². The van der Waals surface area contributed by atoms with E-state index in [2.05, 4.69) is 16.8 Å². The molecule has 110 valence electrons. The molecule has 2 rings (SSSR count). The van der Waals surface area contributed by atoms with Crippen LogP contribution in [-0.2, 0) is 10.0 Å². The predicted molar refractivity (Wildman–Crippen MR) is 84.7 cm³/mol. The minimum Gasteiger partial charge on any atom is -0.232 e. The molecule has 0 aliphatic rings. The maximum atomic E-state index is 11.8. The van der Waals surface area contributed by atoms with E-state index in [-0.39, 0.29) is 10.9 Å². The molecule has 0 aliphatic heterocycles. The van der Waals surface area contributed by atoms with Crippen LogP contribution in [0.1, 0.15) is 24.1 Å². The summed E-state index contributed by atoms with van der Waals surface area (Å²) in [5.41, 5.74) is 4.81. The molecule has 0 fully saturated rings. The molecule has 0 amide bonds. The Kier molecular flexibility index (Phi) is 4.90.